The summed E-state index contributed by atoms with van der Waals surface area (Å²) in [7, 11) is 0. The minimum Gasteiger partial charge on any atom is -0.271 e. The average molecular weight is 242 g/mol. The first kappa shape index (κ1) is 14.2. The summed E-state index contributed by atoms with van der Waals surface area (Å²) in [5.74, 6) is 5.13. The monoisotopic (exact) mass is 241 g/mol. The predicted octanol–water partition coefficient (Wildman–Crippen LogP) is 2.05. The summed E-state index contributed by atoms with van der Waals surface area (Å²) in [4.78, 5) is 3.30. The molecule has 0 amide bonds. The van der Waals surface area contributed by atoms with Gasteiger partial charge in [0.25, 0.3) is 0 Å². The van der Waals surface area contributed by atoms with Crippen LogP contribution < -0.4 is 11.3 Å². The Kier molecular flexibility index (Phi) is 4.99. The van der Waals surface area contributed by atoms with Crippen LogP contribution in [-0.4, -0.2) is 4.98 Å². The van der Waals surface area contributed by atoms with Crippen molar-refractivity contribution < 1.29 is 13.2 Å². The van der Waals surface area contributed by atoms with E-state index in [1.165, 1.54) is 6.07 Å². The van der Waals surface area contributed by atoms with Crippen molar-refractivity contribution in [3.63, 3.8) is 0 Å². The number of hydrogen-bond donors (Lipinski definition) is 2. The van der Waals surface area contributed by atoms with Crippen LogP contribution in [0.2, 0.25) is 0 Å². The van der Waals surface area contributed by atoms with Crippen molar-refractivity contribution in [3.05, 3.63) is 29.6 Å². The molecule has 1 aromatic heterocycles. The molecule has 0 radical (unpaired) electrons. The maximum absolute atomic E-state index is 12.1. The van der Waals surface area contributed by atoms with Crippen molar-refractivity contribution >= 4 is 12.4 Å². The Morgan fingerprint density at radius 1 is 1.40 bits per heavy atom. The normalized spacial score (nSPS) is 13.1. The summed E-state index contributed by atoms with van der Waals surface area (Å²) in [5, 5.41) is 0. The molecule has 0 aromatic carbocycles. The molecule has 3 nitrogen and oxygen atoms in total. The first-order valence-electron chi connectivity index (χ1n) is 3.94. The van der Waals surface area contributed by atoms with Crippen LogP contribution in [0.1, 0.15) is 24.2 Å². The van der Waals surface area contributed by atoms with Crippen LogP contribution in [0.5, 0.6) is 0 Å². The third kappa shape index (κ3) is 3.65. The number of nitrogens with two attached hydrogens (primary N) is 1. The number of hydrazine groups is 1. The number of nitrogens with zero attached hydrogens (tertiary/aromatic N) is 1. The van der Waals surface area contributed by atoms with Gasteiger partial charge in [-0.2, -0.15) is 13.2 Å². The average Bonchev–Trinajstić information content (AvgIpc) is 2.15. The Morgan fingerprint density at radius 2 is 2.00 bits per heavy atom. The van der Waals surface area contributed by atoms with Crippen molar-refractivity contribution in [3.8, 4) is 0 Å². The minimum absolute atomic E-state index is 0. The largest absolute Gasteiger partial charge is 0.433 e. The van der Waals surface area contributed by atoms with E-state index in [1.807, 2.05) is 0 Å². The van der Waals surface area contributed by atoms with Crippen LogP contribution in [0.4, 0.5) is 13.2 Å². The molecule has 1 unspecified atom stereocenters. The molecule has 0 saturated carbocycles. The van der Waals surface area contributed by atoms with Gasteiger partial charge in [0, 0.05) is 12.2 Å². The number of hydrogen-bond acceptors (Lipinski definition) is 3. The van der Waals surface area contributed by atoms with E-state index in [0.717, 1.165) is 12.3 Å². The Hall–Kier alpha value is -0.850. The predicted molar refractivity (Wildman–Crippen MR) is 52.2 cm³/mol. The first-order chi connectivity index (χ1) is 6.45. The zero-order valence-corrected chi connectivity index (χ0v) is 8.69. The van der Waals surface area contributed by atoms with Gasteiger partial charge in [0.1, 0.15) is 5.69 Å². The Bertz CT molecular complexity index is 299. The van der Waals surface area contributed by atoms with Crippen molar-refractivity contribution in [2.75, 3.05) is 0 Å². The molecular weight excluding hydrogens is 231 g/mol. The minimum atomic E-state index is -4.39. The van der Waals surface area contributed by atoms with Crippen molar-refractivity contribution in [1.29, 1.82) is 0 Å². The fraction of sp³-hybridized carbons (Fsp3) is 0.375. The van der Waals surface area contributed by atoms with Crippen LogP contribution in [0.25, 0.3) is 0 Å². The first-order valence-corrected chi connectivity index (χ1v) is 3.94. The summed E-state index contributed by atoms with van der Waals surface area (Å²) in [6, 6.07) is 2.06. The highest BCUT2D eigenvalue weighted by atomic mass is 35.5. The molecule has 1 atom stereocenters. The molecule has 1 aromatic rings. The van der Waals surface area contributed by atoms with Gasteiger partial charge in [0.05, 0.1) is 0 Å². The van der Waals surface area contributed by atoms with E-state index in [9.17, 15) is 13.2 Å². The molecule has 0 aliphatic carbocycles. The van der Waals surface area contributed by atoms with Crippen molar-refractivity contribution in [2.24, 2.45) is 5.84 Å². The van der Waals surface area contributed by atoms with Crippen LogP contribution in [0, 0.1) is 0 Å². The number of halogens is 4. The maximum Gasteiger partial charge on any atom is 0.433 e. The lowest BCUT2D eigenvalue weighted by atomic mass is 10.1. The molecule has 1 heterocycles. The third-order valence-electron chi connectivity index (χ3n) is 1.83. The molecule has 0 fully saturated rings. The highest BCUT2D eigenvalue weighted by Gasteiger charge is 2.32. The molecule has 86 valence electrons. The quantitative estimate of drug-likeness (QED) is 0.616. The van der Waals surface area contributed by atoms with E-state index >= 15 is 0 Å². The fourth-order valence-electron chi connectivity index (χ4n) is 0.925. The third-order valence-corrected chi connectivity index (χ3v) is 1.83. The second kappa shape index (κ2) is 5.29. The molecule has 7 heteroatoms. The van der Waals surface area contributed by atoms with Gasteiger partial charge in [-0.1, -0.05) is 6.07 Å². The van der Waals surface area contributed by atoms with E-state index < -0.39 is 11.9 Å². The van der Waals surface area contributed by atoms with E-state index in [1.54, 1.807) is 6.92 Å². The second-order valence-electron chi connectivity index (χ2n) is 2.86. The highest BCUT2D eigenvalue weighted by Crippen LogP contribution is 2.27. The van der Waals surface area contributed by atoms with E-state index in [4.69, 9.17) is 5.84 Å². The topological polar surface area (TPSA) is 50.9 Å². The van der Waals surface area contributed by atoms with Gasteiger partial charge in [-0.3, -0.25) is 16.3 Å². The molecule has 0 saturated heterocycles. The highest BCUT2D eigenvalue weighted by molar-refractivity contribution is 5.85. The molecule has 0 aliphatic heterocycles. The summed E-state index contributed by atoms with van der Waals surface area (Å²) >= 11 is 0. The van der Waals surface area contributed by atoms with Gasteiger partial charge in [0.2, 0.25) is 0 Å². The molecule has 0 bridgehead atoms. The fourth-order valence-corrected chi connectivity index (χ4v) is 0.925. The lowest BCUT2D eigenvalue weighted by molar-refractivity contribution is -0.141. The molecule has 0 aliphatic rings. The van der Waals surface area contributed by atoms with E-state index in [-0.39, 0.29) is 18.4 Å². The van der Waals surface area contributed by atoms with Crippen molar-refractivity contribution in [1.82, 2.24) is 10.4 Å². The SMILES string of the molecule is CC(NN)c1ccc(C(F)(F)F)nc1.Cl. The molecule has 3 N–H and O–H groups in total. The number of alkyl halides is 3. The van der Waals surface area contributed by atoms with Gasteiger partial charge in [0.15, 0.2) is 0 Å². The number of rotatable bonds is 2. The van der Waals surface area contributed by atoms with E-state index in [0.29, 0.717) is 5.56 Å². The van der Waals surface area contributed by atoms with Gasteiger partial charge in [-0.05, 0) is 18.6 Å². The molecule has 15 heavy (non-hydrogen) atoms. The van der Waals surface area contributed by atoms with Crippen LogP contribution in [-0.2, 0) is 6.18 Å². The molecular formula is C8H11ClF3N3. The van der Waals surface area contributed by atoms with E-state index in [2.05, 4.69) is 10.4 Å². The molecule has 1 rings (SSSR count). The molecule has 0 spiro atoms. The number of nitrogens with one attached hydrogen (secondary N) is 1. The summed E-state index contributed by atoms with van der Waals surface area (Å²) in [6.45, 7) is 1.73. The zero-order chi connectivity index (χ0) is 10.8. The Labute approximate surface area is 91.3 Å². The summed E-state index contributed by atoms with van der Waals surface area (Å²) in [6.07, 6.45) is -3.23. The van der Waals surface area contributed by atoms with Crippen LogP contribution in [0.3, 0.4) is 0 Å². The number of pyridine rings is 1. The van der Waals surface area contributed by atoms with Gasteiger partial charge in [-0.25, -0.2) is 0 Å². The van der Waals surface area contributed by atoms with Crippen LogP contribution >= 0.6 is 12.4 Å². The van der Waals surface area contributed by atoms with Gasteiger partial charge in [-0.15, -0.1) is 12.4 Å². The maximum atomic E-state index is 12.1. The lowest BCUT2D eigenvalue weighted by Gasteiger charge is -2.11. The van der Waals surface area contributed by atoms with Crippen molar-refractivity contribution in [2.45, 2.75) is 19.1 Å². The second-order valence-corrected chi connectivity index (χ2v) is 2.86. The Balaban J connectivity index is 0.00000196. The van der Waals surface area contributed by atoms with Crippen LogP contribution in [0.15, 0.2) is 18.3 Å². The van der Waals surface area contributed by atoms with Gasteiger partial charge >= 0.3 is 6.18 Å². The Morgan fingerprint density at radius 3 is 2.33 bits per heavy atom. The standard InChI is InChI=1S/C8H10F3N3.ClH/c1-5(14-12)6-2-3-7(13-4-6)8(9,10)11;/h2-5,14H,12H2,1H3;1H. The smallest absolute Gasteiger partial charge is 0.271 e. The lowest BCUT2D eigenvalue weighted by Crippen LogP contribution is -2.25. The van der Waals surface area contributed by atoms with Gasteiger partial charge < -0.3 is 0 Å². The summed E-state index contributed by atoms with van der Waals surface area (Å²) in [5.41, 5.74) is 2.13. The summed E-state index contributed by atoms with van der Waals surface area (Å²) < 4.78 is 36.3. The zero-order valence-electron chi connectivity index (χ0n) is 7.88. The number of aromatic nitrogens is 1.